The predicted molar refractivity (Wildman–Crippen MR) is 62.2 cm³/mol. The quantitative estimate of drug-likeness (QED) is 0.317. The molecule has 86 valence electrons. The summed E-state index contributed by atoms with van der Waals surface area (Å²) in [6.07, 6.45) is 8.05. The number of ether oxygens (including phenoxy) is 1. The summed E-state index contributed by atoms with van der Waals surface area (Å²) in [4.78, 5) is 0. The number of hydrogen-bond donors (Lipinski definition) is 0. The van der Waals surface area contributed by atoms with Gasteiger partial charge in [0.2, 0.25) is 0 Å². The van der Waals surface area contributed by atoms with Crippen LogP contribution in [0.15, 0.2) is 0 Å². The lowest BCUT2D eigenvalue weighted by atomic mass is 10.1. The van der Waals surface area contributed by atoms with Gasteiger partial charge in [-0.25, -0.2) is 0 Å². The molecule has 0 aromatic carbocycles. The molecular formula is C12H28NO+. The minimum atomic E-state index is 0.828. The lowest BCUT2D eigenvalue weighted by Gasteiger charge is -2.23. The second-order valence-corrected chi connectivity index (χ2v) is 5.10. The van der Waals surface area contributed by atoms with Crippen molar-refractivity contribution in [1.82, 2.24) is 0 Å². The first-order valence-corrected chi connectivity index (χ1v) is 5.94. The number of quaternary nitrogens is 1. The van der Waals surface area contributed by atoms with E-state index in [2.05, 4.69) is 28.1 Å². The Morgan fingerprint density at radius 3 is 2.00 bits per heavy atom. The zero-order chi connectivity index (χ0) is 10.9. The number of unbranched alkanes of at least 4 members (excludes halogenated alkanes) is 5. The van der Waals surface area contributed by atoms with E-state index in [-0.39, 0.29) is 0 Å². The van der Waals surface area contributed by atoms with Gasteiger partial charge >= 0.3 is 0 Å². The highest BCUT2D eigenvalue weighted by molar-refractivity contribution is 4.42. The van der Waals surface area contributed by atoms with E-state index in [1.807, 2.05) is 0 Å². The molecule has 0 aliphatic heterocycles. The van der Waals surface area contributed by atoms with E-state index >= 15 is 0 Å². The molecule has 0 aromatic rings. The van der Waals surface area contributed by atoms with Crippen molar-refractivity contribution >= 4 is 0 Å². The van der Waals surface area contributed by atoms with Gasteiger partial charge in [-0.2, -0.15) is 0 Å². The Bertz CT molecular complexity index is 118. The maximum atomic E-state index is 5.58. The van der Waals surface area contributed by atoms with E-state index in [0.717, 1.165) is 17.8 Å². The molecule has 2 heteroatoms. The smallest absolute Gasteiger partial charge is 0.182 e. The van der Waals surface area contributed by atoms with Gasteiger partial charge in [0.15, 0.2) is 6.73 Å². The van der Waals surface area contributed by atoms with E-state index in [1.54, 1.807) is 0 Å². The van der Waals surface area contributed by atoms with Gasteiger partial charge < -0.3 is 9.22 Å². The molecule has 0 atom stereocenters. The summed E-state index contributed by atoms with van der Waals surface area (Å²) in [6.45, 7) is 4.01. The molecule has 0 unspecified atom stereocenters. The van der Waals surface area contributed by atoms with Crippen LogP contribution in [0.5, 0.6) is 0 Å². The van der Waals surface area contributed by atoms with Crippen LogP contribution in [-0.4, -0.2) is 39.0 Å². The van der Waals surface area contributed by atoms with Crippen molar-refractivity contribution in [3.8, 4) is 0 Å². The van der Waals surface area contributed by atoms with E-state index in [0.29, 0.717) is 0 Å². The van der Waals surface area contributed by atoms with Gasteiger partial charge in [-0.3, -0.25) is 0 Å². The molecule has 0 fully saturated rings. The average molecular weight is 202 g/mol. The van der Waals surface area contributed by atoms with Gasteiger partial charge in [0, 0.05) is 0 Å². The zero-order valence-corrected chi connectivity index (χ0v) is 10.5. The first kappa shape index (κ1) is 13.9. The van der Waals surface area contributed by atoms with Crippen LogP contribution in [0.4, 0.5) is 0 Å². The van der Waals surface area contributed by atoms with Crippen molar-refractivity contribution < 1.29 is 9.22 Å². The van der Waals surface area contributed by atoms with Crippen LogP contribution in [0, 0.1) is 0 Å². The third kappa shape index (κ3) is 11.9. The maximum Gasteiger partial charge on any atom is 0.182 e. The third-order valence-corrected chi connectivity index (χ3v) is 2.12. The summed E-state index contributed by atoms with van der Waals surface area (Å²) in [7, 11) is 6.46. The summed E-state index contributed by atoms with van der Waals surface area (Å²) in [5.41, 5.74) is 0. The van der Waals surface area contributed by atoms with Gasteiger partial charge in [-0.1, -0.05) is 39.0 Å². The van der Waals surface area contributed by atoms with Crippen LogP contribution in [0.2, 0.25) is 0 Å². The van der Waals surface area contributed by atoms with E-state index in [4.69, 9.17) is 4.74 Å². The van der Waals surface area contributed by atoms with Crippen LogP contribution in [0.3, 0.4) is 0 Å². The topological polar surface area (TPSA) is 9.23 Å². The Kier molecular flexibility index (Phi) is 8.20. The molecule has 0 radical (unpaired) electrons. The minimum absolute atomic E-state index is 0.828. The largest absolute Gasteiger partial charge is 0.332 e. The molecule has 0 saturated carbocycles. The van der Waals surface area contributed by atoms with E-state index in [1.165, 1.54) is 38.5 Å². The number of rotatable bonds is 9. The second kappa shape index (κ2) is 8.25. The Morgan fingerprint density at radius 2 is 1.43 bits per heavy atom. The summed E-state index contributed by atoms with van der Waals surface area (Å²) < 4.78 is 6.48. The van der Waals surface area contributed by atoms with E-state index in [9.17, 15) is 0 Å². The molecule has 0 amide bonds. The molecule has 14 heavy (non-hydrogen) atoms. The zero-order valence-electron chi connectivity index (χ0n) is 10.5. The fourth-order valence-electron chi connectivity index (χ4n) is 1.32. The molecule has 0 bridgehead atoms. The van der Waals surface area contributed by atoms with Gasteiger partial charge in [0.25, 0.3) is 0 Å². The summed E-state index contributed by atoms with van der Waals surface area (Å²) in [6, 6.07) is 0. The van der Waals surface area contributed by atoms with Crippen molar-refractivity contribution in [3.63, 3.8) is 0 Å². The monoisotopic (exact) mass is 202 g/mol. The van der Waals surface area contributed by atoms with Crippen molar-refractivity contribution in [2.24, 2.45) is 0 Å². The van der Waals surface area contributed by atoms with Gasteiger partial charge in [0.1, 0.15) is 0 Å². The highest BCUT2D eigenvalue weighted by Crippen LogP contribution is 2.05. The van der Waals surface area contributed by atoms with Gasteiger partial charge in [-0.15, -0.1) is 0 Å². The highest BCUT2D eigenvalue weighted by atomic mass is 16.5. The molecule has 0 rings (SSSR count). The van der Waals surface area contributed by atoms with Crippen LogP contribution in [-0.2, 0) is 4.74 Å². The highest BCUT2D eigenvalue weighted by Gasteiger charge is 2.04. The SMILES string of the molecule is CCCCCCCCOC[N+](C)(C)C. The second-order valence-electron chi connectivity index (χ2n) is 5.10. The standard InChI is InChI=1S/C12H28NO/c1-5-6-7-8-9-10-11-14-12-13(2,3)4/h5-12H2,1-4H3/q+1. The number of hydrogen-bond acceptors (Lipinski definition) is 1. The van der Waals surface area contributed by atoms with Gasteiger partial charge in [0.05, 0.1) is 27.7 Å². The fraction of sp³-hybridized carbons (Fsp3) is 1.00. The lowest BCUT2D eigenvalue weighted by molar-refractivity contribution is -0.890. The molecule has 0 N–H and O–H groups in total. The average Bonchev–Trinajstić information content (AvgIpc) is 2.08. The van der Waals surface area contributed by atoms with Crippen molar-refractivity contribution in [1.29, 1.82) is 0 Å². The van der Waals surface area contributed by atoms with Crippen molar-refractivity contribution in [3.05, 3.63) is 0 Å². The van der Waals surface area contributed by atoms with Crippen molar-refractivity contribution in [2.45, 2.75) is 45.4 Å². The third-order valence-electron chi connectivity index (χ3n) is 2.12. The molecule has 0 spiro atoms. The summed E-state index contributed by atoms with van der Waals surface area (Å²) in [5.74, 6) is 0. The Morgan fingerprint density at radius 1 is 0.857 bits per heavy atom. The molecule has 0 aliphatic rings. The molecule has 0 heterocycles. The Balaban J connectivity index is 2.99. The normalized spacial score (nSPS) is 12.0. The molecule has 2 nitrogen and oxygen atoms in total. The molecular weight excluding hydrogens is 174 g/mol. The molecule has 0 saturated heterocycles. The summed E-state index contributed by atoms with van der Waals surface area (Å²) >= 11 is 0. The first-order valence-electron chi connectivity index (χ1n) is 5.94. The van der Waals surface area contributed by atoms with Crippen LogP contribution >= 0.6 is 0 Å². The van der Waals surface area contributed by atoms with E-state index < -0.39 is 0 Å². The first-order chi connectivity index (χ1) is 6.56. The van der Waals surface area contributed by atoms with Crippen LogP contribution < -0.4 is 0 Å². The molecule has 0 aliphatic carbocycles. The van der Waals surface area contributed by atoms with Crippen LogP contribution in [0.25, 0.3) is 0 Å². The predicted octanol–water partition coefficient (Wildman–Crippen LogP) is 3.03. The minimum Gasteiger partial charge on any atom is -0.332 e. The molecule has 0 aromatic heterocycles. The lowest BCUT2D eigenvalue weighted by Crippen LogP contribution is -2.36. The van der Waals surface area contributed by atoms with Crippen LogP contribution in [0.1, 0.15) is 45.4 Å². The summed E-state index contributed by atoms with van der Waals surface area (Å²) in [5, 5.41) is 0. The maximum absolute atomic E-state index is 5.58. The number of nitrogens with zero attached hydrogens (tertiary/aromatic N) is 1. The van der Waals surface area contributed by atoms with Gasteiger partial charge in [-0.05, 0) is 6.42 Å². The Labute approximate surface area is 89.8 Å². The van der Waals surface area contributed by atoms with Crippen molar-refractivity contribution in [2.75, 3.05) is 34.5 Å². The fourth-order valence-corrected chi connectivity index (χ4v) is 1.32. The Hall–Kier alpha value is -0.0800.